The van der Waals surface area contributed by atoms with E-state index < -0.39 is 6.04 Å². The largest absolute Gasteiger partial charge is 0.495 e. The lowest BCUT2D eigenvalue weighted by molar-refractivity contribution is -0.117. The van der Waals surface area contributed by atoms with Crippen molar-refractivity contribution in [3.63, 3.8) is 0 Å². The van der Waals surface area contributed by atoms with E-state index in [1.807, 2.05) is 30.3 Å². The third kappa shape index (κ3) is 6.02. The topological polar surface area (TPSA) is 131 Å². The quantitative estimate of drug-likeness (QED) is 0.319. The Morgan fingerprint density at radius 1 is 0.971 bits per heavy atom. The molecule has 3 aromatic rings. The second-order valence-corrected chi connectivity index (χ2v) is 8.58. The molecule has 1 heterocycles. The van der Waals surface area contributed by atoms with Gasteiger partial charge in [0.2, 0.25) is 11.7 Å². The molecule has 0 bridgehead atoms. The summed E-state index contributed by atoms with van der Waals surface area (Å²) >= 11 is 1.34. The Morgan fingerprint density at radius 3 is 2.26 bits per heavy atom. The molecule has 0 saturated heterocycles. The maximum absolute atomic E-state index is 12.7. The Bertz CT molecular complexity index is 1130. The highest BCUT2D eigenvalue weighted by atomic mass is 32.1. The number of rotatable bonds is 12. The van der Waals surface area contributed by atoms with Crippen molar-refractivity contribution >= 4 is 23.1 Å². The van der Waals surface area contributed by atoms with Crippen LogP contribution in [0.25, 0.3) is 21.6 Å². The number of benzene rings is 2. The number of ether oxygens (including phenoxy) is 4. The van der Waals surface area contributed by atoms with Crippen molar-refractivity contribution in [3.05, 3.63) is 36.5 Å². The number of hydrogen-bond acceptors (Lipinski definition) is 9. The summed E-state index contributed by atoms with van der Waals surface area (Å²) in [7, 11) is 6.27. The molecule has 10 heteroatoms. The van der Waals surface area contributed by atoms with Gasteiger partial charge in [0.05, 0.1) is 45.0 Å². The minimum Gasteiger partial charge on any atom is -0.495 e. The summed E-state index contributed by atoms with van der Waals surface area (Å²) < 4.78 is 26.3. The number of nitrogens with one attached hydrogen (secondary N) is 1. The summed E-state index contributed by atoms with van der Waals surface area (Å²) in [5.74, 6) is 1.88. The van der Waals surface area contributed by atoms with E-state index in [4.69, 9.17) is 30.4 Å². The molecule has 0 aliphatic rings. The molecule has 0 aliphatic carbocycles. The van der Waals surface area contributed by atoms with Gasteiger partial charge in [0, 0.05) is 17.3 Å². The van der Waals surface area contributed by atoms with Crippen molar-refractivity contribution in [2.75, 3.05) is 40.3 Å². The molecule has 2 aromatic carbocycles. The summed E-state index contributed by atoms with van der Waals surface area (Å²) in [5.41, 5.74) is 14.7. The molecule has 0 fully saturated rings. The number of methoxy groups -OCH3 is 4. The van der Waals surface area contributed by atoms with Gasteiger partial charge < -0.3 is 35.7 Å². The van der Waals surface area contributed by atoms with Crippen LogP contribution in [-0.2, 0) is 4.79 Å². The van der Waals surface area contributed by atoms with Crippen LogP contribution in [0.15, 0.2) is 36.5 Å². The van der Waals surface area contributed by atoms with Crippen LogP contribution in [0.1, 0.15) is 19.3 Å². The first kappa shape index (κ1) is 26.3. The Morgan fingerprint density at radius 2 is 1.66 bits per heavy atom. The van der Waals surface area contributed by atoms with Crippen LogP contribution in [0.3, 0.4) is 0 Å². The Balaban J connectivity index is 1.96. The minimum atomic E-state index is -0.632. The number of nitrogens with two attached hydrogens (primary N) is 2. The van der Waals surface area contributed by atoms with Gasteiger partial charge >= 0.3 is 0 Å². The van der Waals surface area contributed by atoms with Gasteiger partial charge in [-0.3, -0.25) is 4.79 Å². The van der Waals surface area contributed by atoms with Crippen molar-refractivity contribution in [2.45, 2.75) is 25.3 Å². The van der Waals surface area contributed by atoms with Crippen LogP contribution in [0.2, 0.25) is 0 Å². The molecule has 0 aliphatic heterocycles. The first-order chi connectivity index (χ1) is 17.0. The fraction of sp³-hybridized carbons (Fsp3) is 0.360. The molecule has 1 atom stereocenters. The van der Waals surface area contributed by atoms with E-state index in [9.17, 15) is 4.79 Å². The van der Waals surface area contributed by atoms with E-state index in [0.29, 0.717) is 41.7 Å². The molecular weight excluding hydrogens is 468 g/mol. The molecule has 0 radical (unpaired) electrons. The highest BCUT2D eigenvalue weighted by Crippen LogP contribution is 2.45. The molecule has 1 amide bonds. The maximum Gasteiger partial charge on any atom is 0.241 e. The van der Waals surface area contributed by atoms with Gasteiger partial charge in [0.1, 0.15) is 5.75 Å². The summed E-state index contributed by atoms with van der Waals surface area (Å²) in [6.45, 7) is 0.577. The van der Waals surface area contributed by atoms with Crippen LogP contribution >= 0.6 is 11.5 Å². The molecule has 35 heavy (non-hydrogen) atoms. The number of anilines is 1. The molecule has 9 nitrogen and oxygen atoms in total. The number of carbonyl (C=O) groups excluding carboxylic acids is 1. The van der Waals surface area contributed by atoms with Gasteiger partial charge in [-0.2, -0.15) is 4.37 Å². The van der Waals surface area contributed by atoms with E-state index >= 15 is 0 Å². The highest BCUT2D eigenvalue weighted by Gasteiger charge is 2.20. The van der Waals surface area contributed by atoms with Crippen molar-refractivity contribution in [3.8, 4) is 44.6 Å². The van der Waals surface area contributed by atoms with Gasteiger partial charge in [-0.05, 0) is 60.7 Å². The lowest BCUT2D eigenvalue weighted by Crippen LogP contribution is -2.35. The number of carbonyl (C=O) groups is 1. The molecule has 188 valence electrons. The molecular formula is C25H32N4O5S. The summed E-state index contributed by atoms with van der Waals surface area (Å²) in [5, 5.41) is 2.91. The second kappa shape index (κ2) is 12.4. The number of nitrogens with zero attached hydrogens (tertiary/aromatic N) is 1. The molecule has 5 N–H and O–H groups in total. The normalized spacial score (nSPS) is 11.6. The zero-order valence-electron chi connectivity index (χ0n) is 20.4. The van der Waals surface area contributed by atoms with Crippen molar-refractivity contribution in [1.29, 1.82) is 0 Å². The predicted molar refractivity (Wildman–Crippen MR) is 139 cm³/mol. The fourth-order valence-corrected chi connectivity index (χ4v) is 4.46. The Labute approximate surface area is 209 Å². The zero-order chi connectivity index (χ0) is 25.4. The van der Waals surface area contributed by atoms with Gasteiger partial charge in [0.25, 0.3) is 0 Å². The van der Waals surface area contributed by atoms with Gasteiger partial charge in [-0.25, -0.2) is 0 Å². The van der Waals surface area contributed by atoms with Gasteiger partial charge in [-0.1, -0.05) is 12.5 Å². The summed E-state index contributed by atoms with van der Waals surface area (Å²) in [6, 6.07) is 8.71. The first-order valence-electron chi connectivity index (χ1n) is 11.2. The molecule has 0 unspecified atom stereocenters. The van der Waals surface area contributed by atoms with Crippen molar-refractivity contribution in [2.24, 2.45) is 11.5 Å². The Hall–Kier alpha value is -3.34. The van der Waals surface area contributed by atoms with Gasteiger partial charge in [0.15, 0.2) is 11.5 Å². The monoisotopic (exact) mass is 500 g/mol. The smallest absolute Gasteiger partial charge is 0.241 e. The van der Waals surface area contributed by atoms with Crippen LogP contribution in [0.5, 0.6) is 23.0 Å². The molecule has 1 aromatic heterocycles. The maximum atomic E-state index is 12.7. The standard InChI is InChI=1S/C25H32N4O5S/c1-31-20-9-8-15(11-19(20)29-25(30)18(27)7-5-6-10-26)17-14-28-35-24(17)16-12-21(32-2)23(34-4)22(13-16)33-3/h8-9,11-14,18H,5-7,10,26-27H2,1-4H3,(H,29,30)/t18-/m0/s1. The average Bonchev–Trinajstić information content (AvgIpc) is 3.37. The second-order valence-electron chi connectivity index (χ2n) is 7.78. The number of hydrogen-bond donors (Lipinski definition) is 3. The fourth-order valence-electron chi connectivity index (χ4n) is 3.70. The highest BCUT2D eigenvalue weighted by molar-refractivity contribution is 7.10. The zero-order valence-corrected chi connectivity index (χ0v) is 21.2. The predicted octanol–water partition coefficient (Wildman–Crippen LogP) is 3.91. The third-order valence-corrected chi connectivity index (χ3v) is 6.42. The number of aromatic nitrogens is 1. The number of amides is 1. The first-order valence-corrected chi connectivity index (χ1v) is 11.9. The van der Waals surface area contributed by atoms with Crippen molar-refractivity contribution in [1.82, 2.24) is 4.37 Å². The van der Waals surface area contributed by atoms with Crippen LogP contribution in [-0.4, -0.2) is 51.3 Å². The van der Waals surface area contributed by atoms with Crippen LogP contribution in [0.4, 0.5) is 5.69 Å². The number of unbranched alkanes of at least 4 members (excludes halogenated alkanes) is 1. The Kier molecular flexibility index (Phi) is 9.30. The SMILES string of the molecule is COc1ccc(-c2cnsc2-c2cc(OC)c(OC)c(OC)c2)cc1NC(=O)[C@@H](N)CCCCN. The van der Waals surface area contributed by atoms with E-state index in [2.05, 4.69) is 9.69 Å². The van der Waals surface area contributed by atoms with Crippen LogP contribution in [0, 0.1) is 0 Å². The third-order valence-electron chi connectivity index (χ3n) is 5.57. The summed E-state index contributed by atoms with van der Waals surface area (Å²) in [6.07, 6.45) is 3.97. The van der Waals surface area contributed by atoms with Gasteiger partial charge in [-0.15, -0.1) is 0 Å². The van der Waals surface area contributed by atoms with E-state index in [0.717, 1.165) is 34.4 Å². The van der Waals surface area contributed by atoms with E-state index in [-0.39, 0.29) is 5.91 Å². The average molecular weight is 501 g/mol. The molecule has 0 spiro atoms. The van der Waals surface area contributed by atoms with Crippen LogP contribution < -0.4 is 35.7 Å². The van der Waals surface area contributed by atoms with E-state index in [1.54, 1.807) is 34.6 Å². The van der Waals surface area contributed by atoms with Crippen molar-refractivity contribution < 1.29 is 23.7 Å². The molecule has 0 saturated carbocycles. The van der Waals surface area contributed by atoms with E-state index in [1.165, 1.54) is 11.5 Å². The lowest BCUT2D eigenvalue weighted by atomic mass is 10.0. The minimum absolute atomic E-state index is 0.272. The molecule has 3 rings (SSSR count). The summed E-state index contributed by atoms with van der Waals surface area (Å²) in [4.78, 5) is 13.6. The lowest BCUT2D eigenvalue weighted by Gasteiger charge is -2.16.